The second kappa shape index (κ2) is 6.57. The minimum absolute atomic E-state index is 0.568. The third-order valence-corrected chi connectivity index (χ3v) is 4.80. The molecule has 1 aliphatic carbocycles. The summed E-state index contributed by atoms with van der Waals surface area (Å²) >= 11 is 0. The summed E-state index contributed by atoms with van der Waals surface area (Å²) in [4.78, 5) is 4.50. The third-order valence-electron chi connectivity index (χ3n) is 4.80. The van der Waals surface area contributed by atoms with Crippen LogP contribution in [0.4, 0.5) is 0 Å². The average molecular weight is 282 g/mol. The van der Waals surface area contributed by atoms with Gasteiger partial charge in [-0.25, -0.2) is 0 Å². The van der Waals surface area contributed by atoms with Crippen LogP contribution in [0.2, 0.25) is 0 Å². The lowest BCUT2D eigenvalue weighted by atomic mass is 9.74. The molecule has 0 saturated heterocycles. The van der Waals surface area contributed by atoms with E-state index in [4.69, 9.17) is 0 Å². The molecule has 1 heterocycles. The van der Waals surface area contributed by atoms with Gasteiger partial charge in [-0.2, -0.15) is 0 Å². The fraction of sp³-hybridized carbons (Fsp3) is 0.526. The van der Waals surface area contributed by atoms with Crippen LogP contribution < -0.4 is 5.32 Å². The van der Waals surface area contributed by atoms with Crippen molar-refractivity contribution in [1.82, 2.24) is 10.3 Å². The van der Waals surface area contributed by atoms with Gasteiger partial charge in [0.1, 0.15) is 0 Å². The number of hydrogen-bond donors (Lipinski definition) is 1. The summed E-state index contributed by atoms with van der Waals surface area (Å²) in [6.07, 6.45) is 9.47. The second-order valence-corrected chi connectivity index (χ2v) is 6.66. The molecule has 2 heteroatoms. The molecule has 1 fully saturated rings. The van der Waals surface area contributed by atoms with Crippen molar-refractivity contribution in [2.24, 2.45) is 5.92 Å². The Balaban J connectivity index is 1.91. The van der Waals surface area contributed by atoms with Crippen LogP contribution in [-0.4, -0.2) is 17.6 Å². The Labute approximate surface area is 128 Å². The van der Waals surface area contributed by atoms with Gasteiger partial charge in [0.15, 0.2) is 0 Å². The van der Waals surface area contributed by atoms with Crippen LogP contribution in [0, 0.1) is 5.92 Å². The summed E-state index contributed by atoms with van der Waals surface area (Å²) in [5.41, 5.74) is 1.46. The third kappa shape index (κ3) is 3.26. The van der Waals surface area contributed by atoms with Crippen LogP contribution in [0.3, 0.4) is 0 Å². The molecule has 3 rings (SSSR count). The first-order valence-electron chi connectivity index (χ1n) is 8.31. The quantitative estimate of drug-likeness (QED) is 0.892. The van der Waals surface area contributed by atoms with Gasteiger partial charge in [-0.05, 0) is 42.2 Å². The SMILES string of the molecule is CC(C)NCC1CCCCC1c1cncc2ccccc12. The Morgan fingerprint density at radius 1 is 1.14 bits per heavy atom. The van der Waals surface area contributed by atoms with Gasteiger partial charge in [0.05, 0.1) is 0 Å². The maximum Gasteiger partial charge on any atom is 0.0346 e. The number of nitrogens with zero attached hydrogens (tertiary/aromatic N) is 1. The van der Waals surface area contributed by atoms with Gasteiger partial charge in [0.25, 0.3) is 0 Å². The molecule has 2 nitrogen and oxygen atoms in total. The highest BCUT2D eigenvalue weighted by molar-refractivity contribution is 5.85. The number of aromatic nitrogens is 1. The van der Waals surface area contributed by atoms with Crippen molar-refractivity contribution in [1.29, 1.82) is 0 Å². The summed E-state index contributed by atoms with van der Waals surface area (Å²) in [7, 11) is 0. The first kappa shape index (κ1) is 14.5. The summed E-state index contributed by atoms with van der Waals surface area (Å²) in [5, 5.41) is 6.31. The maximum absolute atomic E-state index is 4.50. The van der Waals surface area contributed by atoms with E-state index in [1.807, 2.05) is 6.20 Å². The zero-order valence-electron chi connectivity index (χ0n) is 13.2. The first-order valence-corrected chi connectivity index (χ1v) is 8.31. The molecule has 1 N–H and O–H groups in total. The second-order valence-electron chi connectivity index (χ2n) is 6.66. The molecule has 1 saturated carbocycles. The Kier molecular flexibility index (Phi) is 4.54. The Bertz CT molecular complexity index is 586. The molecule has 1 aromatic heterocycles. The average Bonchev–Trinajstić information content (AvgIpc) is 2.53. The maximum atomic E-state index is 4.50. The number of pyridine rings is 1. The Morgan fingerprint density at radius 2 is 1.95 bits per heavy atom. The first-order chi connectivity index (χ1) is 10.3. The molecule has 2 unspecified atom stereocenters. The topological polar surface area (TPSA) is 24.9 Å². The van der Waals surface area contributed by atoms with E-state index in [-0.39, 0.29) is 0 Å². The lowest BCUT2D eigenvalue weighted by molar-refractivity contribution is 0.290. The summed E-state index contributed by atoms with van der Waals surface area (Å²) in [6.45, 7) is 5.60. The normalized spacial score (nSPS) is 22.8. The van der Waals surface area contributed by atoms with Crippen LogP contribution in [0.5, 0.6) is 0 Å². The standard InChI is InChI=1S/C19H26N2/c1-14(2)21-12-16-8-4-6-10-18(16)19-13-20-11-15-7-3-5-9-17(15)19/h3,5,7,9,11,13-14,16,18,21H,4,6,8,10,12H2,1-2H3. The Hall–Kier alpha value is -1.41. The number of hydrogen-bond acceptors (Lipinski definition) is 2. The van der Waals surface area contributed by atoms with Crippen LogP contribution in [0.25, 0.3) is 10.8 Å². The fourth-order valence-electron chi connectivity index (χ4n) is 3.68. The molecule has 0 aliphatic heterocycles. The lowest BCUT2D eigenvalue weighted by Crippen LogP contribution is -2.33. The van der Waals surface area contributed by atoms with Gasteiger partial charge in [0.2, 0.25) is 0 Å². The number of fused-ring (bicyclic) bond motifs is 1. The van der Waals surface area contributed by atoms with E-state index in [1.165, 1.54) is 42.0 Å². The van der Waals surface area contributed by atoms with E-state index < -0.39 is 0 Å². The number of nitrogens with one attached hydrogen (secondary N) is 1. The fourth-order valence-corrected chi connectivity index (χ4v) is 3.68. The molecule has 2 atom stereocenters. The van der Waals surface area contributed by atoms with Crippen molar-refractivity contribution in [2.45, 2.75) is 51.5 Å². The molecule has 21 heavy (non-hydrogen) atoms. The van der Waals surface area contributed by atoms with E-state index in [2.05, 4.69) is 54.6 Å². The van der Waals surface area contributed by atoms with Crippen LogP contribution in [0.1, 0.15) is 51.0 Å². The van der Waals surface area contributed by atoms with Crippen molar-refractivity contribution < 1.29 is 0 Å². The van der Waals surface area contributed by atoms with Crippen molar-refractivity contribution in [3.05, 3.63) is 42.2 Å². The molecule has 0 amide bonds. The smallest absolute Gasteiger partial charge is 0.0346 e. The molecular weight excluding hydrogens is 256 g/mol. The van der Waals surface area contributed by atoms with Gasteiger partial charge in [-0.3, -0.25) is 4.98 Å². The van der Waals surface area contributed by atoms with Gasteiger partial charge in [-0.1, -0.05) is 51.0 Å². The summed E-state index contributed by atoms with van der Waals surface area (Å²) in [6, 6.07) is 9.25. The molecule has 1 aromatic carbocycles. The molecular formula is C19H26N2. The molecule has 1 aliphatic rings. The molecule has 2 aromatic rings. The van der Waals surface area contributed by atoms with Crippen molar-refractivity contribution >= 4 is 10.8 Å². The van der Waals surface area contributed by atoms with Gasteiger partial charge >= 0.3 is 0 Å². The van der Waals surface area contributed by atoms with E-state index in [1.54, 1.807) is 0 Å². The number of rotatable bonds is 4. The predicted octanol–water partition coefficient (Wildman–Crippen LogP) is 4.51. The van der Waals surface area contributed by atoms with Crippen LogP contribution in [0.15, 0.2) is 36.7 Å². The van der Waals surface area contributed by atoms with Crippen molar-refractivity contribution in [3.63, 3.8) is 0 Å². The molecule has 0 spiro atoms. The minimum atomic E-state index is 0.568. The van der Waals surface area contributed by atoms with Crippen LogP contribution >= 0.6 is 0 Å². The van der Waals surface area contributed by atoms with E-state index >= 15 is 0 Å². The van der Waals surface area contributed by atoms with E-state index in [0.717, 1.165) is 12.5 Å². The minimum Gasteiger partial charge on any atom is -0.314 e. The predicted molar refractivity (Wildman–Crippen MR) is 89.6 cm³/mol. The van der Waals surface area contributed by atoms with E-state index in [9.17, 15) is 0 Å². The van der Waals surface area contributed by atoms with Gasteiger partial charge < -0.3 is 5.32 Å². The largest absolute Gasteiger partial charge is 0.314 e. The highest BCUT2D eigenvalue weighted by Gasteiger charge is 2.27. The monoisotopic (exact) mass is 282 g/mol. The molecule has 0 bridgehead atoms. The van der Waals surface area contributed by atoms with Gasteiger partial charge in [-0.15, -0.1) is 0 Å². The Morgan fingerprint density at radius 3 is 2.81 bits per heavy atom. The van der Waals surface area contributed by atoms with Gasteiger partial charge in [0, 0.05) is 23.8 Å². The zero-order chi connectivity index (χ0) is 14.7. The van der Waals surface area contributed by atoms with Crippen LogP contribution in [-0.2, 0) is 0 Å². The summed E-state index contributed by atoms with van der Waals surface area (Å²) in [5.74, 6) is 1.40. The zero-order valence-corrected chi connectivity index (χ0v) is 13.2. The lowest BCUT2D eigenvalue weighted by Gasteiger charge is -2.33. The summed E-state index contributed by atoms with van der Waals surface area (Å²) < 4.78 is 0. The van der Waals surface area contributed by atoms with Crippen molar-refractivity contribution in [2.75, 3.05) is 6.54 Å². The highest BCUT2D eigenvalue weighted by atomic mass is 14.9. The molecule has 112 valence electrons. The van der Waals surface area contributed by atoms with Crippen molar-refractivity contribution in [3.8, 4) is 0 Å². The highest BCUT2D eigenvalue weighted by Crippen LogP contribution is 2.39. The molecule has 0 radical (unpaired) electrons. The van der Waals surface area contributed by atoms with E-state index in [0.29, 0.717) is 12.0 Å². The number of benzene rings is 1.